The molecule has 2 heterocycles. The predicted octanol–water partition coefficient (Wildman–Crippen LogP) is 3.55. The number of rotatable bonds is 5. The number of aromatic amines is 1. The number of aromatic nitrogens is 2. The zero-order chi connectivity index (χ0) is 17.8. The average molecular weight is 355 g/mol. The standard InChI is InChI=1S/C18H15ClN4O2/c1-25-16-6-5-13(10-22-16)23-18(24)11(8-20)7-12-9-21-15-4-2-3-14(19)17(12)15/h2-6,9-11,21H,7H2,1H3,(H,23,24)/t11-/m0/s1. The van der Waals surface area contributed by atoms with Crippen molar-refractivity contribution in [2.24, 2.45) is 5.92 Å². The zero-order valence-corrected chi connectivity index (χ0v) is 14.2. The van der Waals surface area contributed by atoms with E-state index in [0.29, 0.717) is 16.6 Å². The molecule has 1 atom stereocenters. The van der Waals surface area contributed by atoms with Crippen molar-refractivity contribution in [3.63, 3.8) is 0 Å². The number of carbonyl (C=O) groups is 1. The average Bonchev–Trinajstić information content (AvgIpc) is 3.04. The van der Waals surface area contributed by atoms with Gasteiger partial charge in [0.2, 0.25) is 11.8 Å². The summed E-state index contributed by atoms with van der Waals surface area (Å²) >= 11 is 6.24. The number of ether oxygens (including phenoxy) is 1. The normalized spacial score (nSPS) is 11.7. The molecular formula is C18H15ClN4O2. The van der Waals surface area contributed by atoms with Gasteiger partial charge in [0, 0.05) is 23.2 Å². The summed E-state index contributed by atoms with van der Waals surface area (Å²) in [5, 5.41) is 13.5. The largest absolute Gasteiger partial charge is 0.481 e. The molecule has 0 spiro atoms. The van der Waals surface area contributed by atoms with Gasteiger partial charge in [-0.25, -0.2) is 4.98 Å². The van der Waals surface area contributed by atoms with Gasteiger partial charge in [-0.05, 0) is 30.2 Å². The fourth-order valence-corrected chi connectivity index (χ4v) is 2.89. The third-order valence-corrected chi connectivity index (χ3v) is 4.16. The Morgan fingerprint density at radius 2 is 2.28 bits per heavy atom. The fraction of sp³-hybridized carbons (Fsp3) is 0.167. The number of anilines is 1. The van der Waals surface area contributed by atoms with Gasteiger partial charge in [-0.15, -0.1) is 0 Å². The molecule has 0 aliphatic rings. The molecule has 7 heteroatoms. The number of methoxy groups -OCH3 is 1. The van der Waals surface area contributed by atoms with Gasteiger partial charge in [-0.1, -0.05) is 17.7 Å². The number of pyridine rings is 1. The van der Waals surface area contributed by atoms with E-state index in [1.807, 2.05) is 12.1 Å². The van der Waals surface area contributed by atoms with Gasteiger partial charge in [0.25, 0.3) is 0 Å². The monoisotopic (exact) mass is 354 g/mol. The maximum atomic E-state index is 12.4. The Bertz CT molecular complexity index is 944. The van der Waals surface area contributed by atoms with Gasteiger partial charge >= 0.3 is 0 Å². The fourth-order valence-electron chi connectivity index (χ4n) is 2.59. The van der Waals surface area contributed by atoms with E-state index in [0.717, 1.165) is 16.5 Å². The molecule has 0 saturated carbocycles. The smallest absolute Gasteiger partial charge is 0.242 e. The van der Waals surface area contributed by atoms with Crippen molar-refractivity contribution in [1.29, 1.82) is 5.26 Å². The Morgan fingerprint density at radius 3 is 2.96 bits per heavy atom. The maximum Gasteiger partial charge on any atom is 0.242 e. The summed E-state index contributed by atoms with van der Waals surface area (Å²) in [6, 6.07) is 10.9. The van der Waals surface area contributed by atoms with Crippen LogP contribution in [0, 0.1) is 17.2 Å². The van der Waals surface area contributed by atoms with E-state index in [1.54, 1.807) is 24.4 Å². The van der Waals surface area contributed by atoms with Gasteiger partial charge in [-0.3, -0.25) is 4.79 Å². The summed E-state index contributed by atoms with van der Waals surface area (Å²) in [7, 11) is 1.51. The highest BCUT2D eigenvalue weighted by Gasteiger charge is 2.21. The second-order valence-corrected chi connectivity index (χ2v) is 5.85. The van der Waals surface area contributed by atoms with E-state index in [9.17, 15) is 10.1 Å². The lowest BCUT2D eigenvalue weighted by molar-refractivity contribution is -0.118. The number of fused-ring (bicyclic) bond motifs is 1. The van der Waals surface area contributed by atoms with Gasteiger partial charge in [0.05, 0.1) is 30.1 Å². The molecule has 2 aromatic heterocycles. The van der Waals surface area contributed by atoms with Crippen molar-refractivity contribution in [3.05, 3.63) is 53.3 Å². The lowest BCUT2D eigenvalue weighted by Gasteiger charge is -2.10. The summed E-state index contributed by atoms with van der Waals surface area (Å²) in [5.41, 5.74) is 2.21. The first-order valence-electron chi connectivity index (χ1n) is 7.57. The lowest BCUT2D eigenvalue weighted by atomic mass is 9.99. The molecule has 0 bridgehead atoms. The van der Waals surface area contributed by atoms with Crippen LogP contribution in [-0.2, 0) is 11.2 Å². The number of amides is 1. The number of carbonyl (C=O) groups excluding carboxylic acids is 1. The number of halogens is 1. The van der Waals surface area contributed by atoms with Gasteiger partial charge in [0.15, 0.2) is 0 Å². The topological polar surface area (TPSA) is 90.8 Å². The van der Waals surface area contributed by atoms with Crippen molar-refractivity contribution in [3.8, 4) is 11.9 Å². The van der Waals surface area contributed by atoms with Crippen molar-refractivity contribution in [1.82, 2.24) is 9.97 Å². The Kier molecular flexibility index (Phi) is 4.87. The quantitative estimate of drug-likeness (QED) is 0.733. The SMILES string of the molecule is COc1ccc(NC(=O)[C@H](C#N)Cc2c[nH]c3cccc(Cl)c23)cn1. The lowest BCUT2D eigenvalue weighted by Crippen LogP contribution is -2.23. The Balaban J connectivity index is 1.77. The first-order valence-corrected chi connectivity index (χ1v) is 7.95. The molecule has 25 heavy (non-hydrogen) atoms. The highest BCUT2D eigenvalue weighted by atomic mass is 35.5. The number of H-pyrrole nitrogens is 1. The third kappa shape index (κ3) is 3.57. The zero-order valence-electron chi connectivity index (χ0n) is 13.4. The van der Waals surface area contributed by atoms with Crippen LogP contribution in [0.5, 0.6) is 5.88 Å². The predicted molar refractivity (Wildman–Crippen MR) is 95.5 cm³/mol. The van der Waals surface area contributed by atoms with Gasteiger partial charge in [0.1, 0.15) is 5.92 Å². The van der Waals surface area contributed by atoms with Crippen molar-refractivity contribution in [2.45, 2.75) is 6.42 Å². The van der Waals surface area contributed by atoms with E-state index in [4.69, 9.17) is 16.3 Å². The first-order chi connectivity index (χ1) is 12.1. The number of nitriles is 1. The molecular weight excluding hydrogens is 340 g/mol. The van der Waals surface area contributed by atoms with Crippen LogP contribution in [0.25, 0.3) is 10.9 Å². The van der Waals surface area contributed by atoms with E-state index < -0.39 is 11.8 Å². The van der Waals surface area contributed by atoms with Crippen LogP contribution in [0.15, 0.2) is 42.7 Å². The third-order valence-electron chi connectivity index (χ3n) is 3.85. The summed E-state index contributed by atoms with van der Waals surface area (Å²) in [6.45, 7) is 0. The maximum absolute atomic E-state index is 12.4. The number of nitrogens with one attached hydrogen (secondary N) is 2. The van der Waals surface area contributed by atoms with Crippen LogP contribution in [-0.4, -0.2) is 23.0 Å². The molecule has 0 aliphatic heterocycles. The van der Waals surface area contributed by atoms with Crippen LogP contribution in [0.4, 0.5) is 5.69 Å². The van der Waals surface area contributed by atoms with Crippen LogP contribution >= 0.6 is 11.6 Å². The molecule has 2 N–H and O–H groups in total. The van der Waals surface area contributed by atoms with Crippen LogP contribution in [0.2, 0.25) is 5.02 Å². The molecule has 126 valence electrons. The van der Waals surface area contributed by atoms with E-state index >= 15 is 0 Å². The van der Waals surface area contributed by atoms with Crippen LogP contribution < -0.4 is 10.1 Å². The minimum Gasteiger partial charge on any atom is -0.481 e. The Labute approximate surface area is 149 Å². The van der Waals surface area contributed by atoms with E-state index in [1.165, 1.54) is 13.3 Å². The van der Waals surface area contributed by atoms with Gasteiger partial charge in [-0.2, -0.15) is 5.26 Å². The second-order valence-electron chi connectivity index (χ2n) is 5.44. The minimum atomic E-state index is -0.850. The summed E-state index contributed by atoms with van der Waals surface area (Å²) < 4.78 is 4.97. The Morgan fingerprint density at radius 1 is 1.44 bits per heavy atom. The highest BCUT2D eigenvalue weighted by molar-refractivity contribution is 6.35. The molecule has 0 aliphatic carbocycles. The number of hydrogen-bond acceptors (Lipinski definition) is 4. The minimum absolute atomic E-state index is 0.260. The number of hydrogen-bond donors (Lipinski definition) is 2. The summed E-state index contributed by atoms with van der Waals surface area (Å²) in [4.78, 5) is 19.5. The molecule has 0 radical (unpaired) electrons. The first kappa shape index (κ1) is 16.8. The molecule has 0 unspecified atom stereocenters. The number of nitrogens with zero attached hydrogens (tertiary/aromatic N) is 2. The molecule has 3 rings (SSSR count). The summed E-state index contributed by atoms with van der Waals surface area (Å²) in [5.74, 6) is -0.795. The number of benzene rings is 1. The van der Waals surface area contributed by atoms with Crippen molar-refractivity contribution in [2.75, 3.05) is 12.4 Å². The second kappa shape index (κ2) is 7.24. The van der Waals surface area contributed by atoms with Crippen LogP contribution in [0.3, 0.4) is 0 Å². The molecule has 3 aromatic rings. The highest BCUT2D eigenvalue weighted by Crippen LogP contribution is 2.28. The molecule has 1 aromatic carbocycles. The van der Waals surface area contributed by atoms with E-state index in [2.05, 4.69) is 21.4 Å². The van der Waals surface area contributed by atoms with Gasteiger partial charge < -0.3 is 15.0 Å². The van der Waals surface area contributed by atoms with Crippen molar-refractivity contribution < 1.29 is 9.53 Å². The van der Waals surface area contributed by atoms with Crippen LogP contribution in [0.1, 0.15) is 5.56 Å². The molecule has 6 nitrogen and oxygen atoms in total. The molecule has 0 fully saturated rings. The molecule has 1 amide bonds. The van der Waals surface area contributed by atoms with E-state index in [-0.39, 0.29) is 6.42 Å². The summed E-state index contributed by atoms with van der Waals surface area (Å²) in [6.07, 6.45) is 3.52. The Hall–Kier alpha value is -3.04. The molecule has 0 saturated heterocycles. The van der Waals surface area contributed by atoms with Crippen molar-refractivity contribution >= 4 is 34.1 Å².